The number of aromatic nitrogens is 3. The molecule has 0 radical (unpaired) electrons. The Morgan fingerprint density at radius 2 is 1.69 bits per heavy atom. The van der Waals surface area contributed by atoms with Crippen molar-refractivity contribution in [2.45, 2.75) is 0 Å². The van der Waals surface area contributed by atoms with Crippen LogP contribution in [0.5, 0.6) is 17.2 Å². The van der Waals surface area contributed by atoms with Crippen molar-refractivity contribution < 1.29 is 14.2 Å². The number of ether oxygens (including phenoxy) is 3. The van der Waals surface area contributed by atoms with E-state index in [-0.39, 0.29) is 0 Å². The predicted molar refractivity (Wildman–Crippen MR) is 98.5 cm³/mol. The summed E-state index contributed by atoms with van der Waals surface area (Å²) in [5, 5.41) is 12.2. The molecule has 0 spiro atoms. The second-order valence-corrected chi connectivity index (χ2v) is 5.55. The van der Waals surface area contributed by atoms with Gasteiger partial charge in [0.1, 0.15) is 31.6 Å². The van der Waals surface area contributed by atoms with Crippen LogP contribution in [0, 0.1) is 0 Å². The van der Waals surface area contributed by atoms with E-state index in [2.05, 4.69) is 15.3 Å². The summed E-state index contributed by atoms with van der Waals surface area (Å²) in [6.45, 7) is 0.720. The summed E-state index contributed by atoms with van der Waals surface area (Å²) in [6.07, 6.45) is 4.61. The van der Waals surface area contributed by atoms with Gasteiger partial charge in [-0.05, 0) is 30.3 Å². The van der Waals surface area contributed by atoms with Gasteiger partial charge >= 0.3 is 0 Å². The second-order valence-electron chi connectivity index (χ2n) is 5.12. The molecule has 0 aliphatic rings. The van der Waals surface area contributed by atoms with E-state index in [0.29, 0.717) is 35.5 Å². The Labute approximate surface area is 155 Å². The molecule has 0 fully saturated rings. The van der Waals surface area contributed by atoms with Gasteiger partial charge in [0.05, 0.1) is 13.3 Å². The zero-order valence-electron chi connectivity index (χ0n) is 14.1. The normalized spacial score (nSPS) is 10.8. The van der Waals surface area contributed by atoms with Crippen molar-refractivity contribution in [1.82, 2.24) is 14.9 Å². The Bertz CT molecular complexity index is 869. The van der Waals surface area contributed by atoms with Crippen LogP contribution in [-0.2, 0) is 0 Å². The van der Waals surface area contributed by atoms with E-state index in [1.54, 1.807) is 31.5 Å². The molecule has 0 amide bonds. The lowest BCUT2D eigenvalue weighted by Crippen LogP contribution is -2.10. The van der Waals surface area contributed by atoms with Crippen molar-refractivity contribution in [2.24, 2.45) is 5.10 Å². The second kappa shape index (κ2) is 8.87. The van der Waals surface area contributed by atoms with Crippen LogP contribution in [0.25, 0.3) is 0 Å². The van der Waals surface area contributed by atoms with E-state index < -0.39 is 0 Å². The zero-order valence-corrected chi connectivity index (χ0v) is 14.8. The summed E-state index contributed by atoms with van der Waals surface area (Å²) in [4.78, 5) is 0. The highest BCUT2D eigenvalue weighted by Gasteiger charge is 2.05. The fraction of sp³-hybridized carbons (Fsp3) is 0.167. The first-order chi connectivity index (χ1) is 12.8. The minimum absolute atomic E-state index is 0.354. The molecule has 0 saturated heterocycles. The van der Waals surface area contributed by atoms with Crippen molar-refractivity contribution in [3.05, 3.63) is 65.7 Å². The van der Waals surface area contributed by atoms with Crippen LogP contribution in [-0.4, -0.2) is 41.4 Å². The summed E-state index contributed by atoms with van der Waals surface area (Å²) in [7, 11) is 1.60. The molecule has 3 rings (SSSR count). The smallest absolute Gasteiger partial charge is 0.161 e. The maximum absolute atomic E-state index is 6.06. The van der Waals surface area contributed by atoms with E-state index in [4.69, 9.17) is 25.8 Å². The molecule has 0 aliphatic heterocycles. The summed E-state index contributed by atoms with van der Waals surface area (Å²) < 4.78 is 18.2. The number of rotatable bonds is 8. The molecule has 134 valence electrons. The fourth-order valence-electron chi connectivity index (χ4n) is 2.18. The first kappa shape index (κ1) is 17.8. The van der Waals surface area contributed by atoms with Crippen LogP contribution in [0.3, 0.4) is 0 Å². The van der Waals surface area contributed by atoms with Gasteiger partial charge in [0.25, 0.3) is 0 Å². The molecule has 2 aromatic carbocycles. The van der Waals surface area contributed by atoms with E-state index in [0.717, 1.165) is 5.56 Å². The molecule has 0 aliphatic carbocycles. The number of methoxy groups -OCH3 is 1. The van der Waals surface area contributed by atoms with E-state index >= 15 is 0 Å². The number of benzene rings is 2. The predicted octanol–water partition coefficient (Wildman–Crippen LogP) is 3.28. The van der Waals surface area contributed by atoms with Gasteiger partial charge in [0.2, 0.25) is 0 Å². The Hall–Kier alpha value is -3.06. The van der Waals surface area contributed by atoms with E-state index in [9.17, 15) is 0 Å². The third-order valence-corrected chi connectivity index (χ3v) is 3.61. The summed E-state index contributed by atoms with van der Waals surface area (Å²) in [5.74, 6) is 2.00. The average molecular weight is 373 g/mol. The number of para-hydroxylation sites is 2. The van der Waals surface area contributed by atoms with Crippen molar-refractivity contribution in [3.63, 3.8) is 0 Å². The van der Waals surface area contributed by atoms with Crippen molar-refractivity contribution in [2.75, 3.05) is 20.3 Å². The Morgan fingerprint density at radius 3 is 2.42 bits per heavy atom. The Morgan fingerprint density at radius 1 is 1.00 bits per heavy atom. The molecule has 1 heterocycles. The van der Waals surface area contributed by atoms with E-state index in [1.165, 1.54) is 17.3 Å². The third kappa shape index (κ3) is 4.73. The van der Waals surface area contributed by atoms with Gasteiger partial charge in [-0.1, -0.05) is 23.7 Å². The molecule has 7 nitrogen and oxygen atoms in total. The quantitative estimate of drug-likeness (QED) is 0.448. The van der Waals surface area contributed by atoms with Crippen molar-refractivity contribution in [3.8, 4) is 17.2 Å². The average Bonchev–Trinajstić information content (AvgIpc) is 3.18. The lowest BCUT2D eigenvalue weighted by atomic mass is 10.2. The Balaban J connectivity index is 1.61. The highest BCUT2D eigenvalue weighted by molar-refractivity contribution is 6.30. The fourth-order valence-corrected chi connectivity index (χ4v) is 2.36. The van der Waals surface area contributed by atoms with Crippen molar-refractivity contribution >= 4 is 17.8 Å². The zero-order chi connectivity index (χ0) is 18.2. The highest BCUT2D eigenvalue weighted by atomic mass is 35.5. The SMILES string of the molecule is COc1ccccc1OCCOc1ccc(Cl)cc1/C=N/n1cnnc1. The van der Waals surface area contributed by atoms with Crippen LogP contribution >= 0.6 is 11.6 Å². The largest absolute Gasteiger partial charge is 0.493 e. The molecule has 3 aromatic rings. The van der Waals surface area contributed by atoms with Crippen molar-refractivity contribution in [1.29, 1.82) is 0 Å². The molecule has 0 saturated carbocycles. The molecule has 0 N–H and O–H groups in total. The molecule has 26 heavy (non-hydrogen) atoms. The first-order valence-corrected chi connectivity index (χ1v) is 8.21. The number of hydrogen-bond donors (Lipinski definition) is 0. The van der Waals surface area contributed by atoms with Crippen LogP contribution in [0.4, 0.5) is 0 Å². The molecule has 1 aromatic heterocycles. The van der Waals surface area contributed by atoms with Crippen LogP contribution < -0.4 is 14.2 Å². The van der Waals surface area contributed by atoms with Gasteiger partial charge < -0.3 is 14.2 Å². The first-order valence-electron chi connectivity index (χ1n) is 7.83. The van der Waals surface area contributed by atoms with Gasteiger partial charge in [-0.3, -0.25) is 0 Å². The maximum atomic E-state index is 6.06. The molecule has 8 heteroatoms. The topological polar surface area (TPSA) is 70.8 Å². The number of hydrogen-bond acceptors (Lipinski definition) is 6. The monoisotopic (exact) mass is 372 g/mol. The van der Waals surface area contributed by atoms with E-state index in [1.807, 2.05) is 24.3 Å². The summed E-state index contributed by atoms with van der Waals surface area (Å²) in [5.41, 5.74) is 0.739. The lowest BCUT2D eigenvalue weighted by Gasteiger charge is -2.12. The highest BCUT2D eigenvalue weighted by Crippen LogP contribution is 2.26. The van der Waals surface area contributed by atoms with Crippen LogP contribution in [0.2, 0.25) is 5.02 Å². The maximum Gasteiger partial charge on any atom is 0.161 e. The van der Waals surface area contributed by atoms with Gasteiger partial charge in [-0.2, -0.15) is 5.10 Å². The summed E-state index contributed by atoms with van der Waals surface area (Å²) in [6, 6.07) is 12.8. The molecule has 0 bridgehead atoms. The third-order valence-electron chi connectivity index (χ3n) is 3.38. The van der Waals surface area contributed by atoms with Gasteiger partial charge in [0.15, 0.2) is 11.5 Å². The molecular formula is C18H17ClN4O3. The van der Waals surface area contributed by atoms with Gasteiger partial charge in [-0.15, -0.1) is 10.2 Å². The van der Waals surface area contributed by atoms with Crippen LogP contribution in [0.1, 0.15) is 5.56 Å². The van der Waals surface area contributed by atoms with Gasteiger partial charge in [0, 0.05) is 10.6 Å². The minimum atomic E-state index is 0.354. The molecule has 0 unspecified atom stereocenters. The minimum Gasteiger partial charge on any atom is -0.493 e. The summed E-state index contributed by atoms with van der Waals surface area (Å²) >= 11 is 6.06. The lowest BCUT2D eigenvalue weighted by molar-refractivity contribution is 0.211. The Kier molecular flexibility index (Phi) is 6.05. The van der Waals surface area contributed by atoms with Gasteiger partial charge in [-0.25, -0.2) is 4.68 Å². The number of halogens is 1. The standard InChI is InChI=1S/C18H17ClN4O3/c1-24-17-4-2-3-5-18(17)26-9-8-25-16-7-6-15(19)10-14(16)11-22-23-12-20-21-13-23/h2-7,10-13H,8-9H2,1H3/b22-11+. The number of nitrogens with zero attached hydrogens (tertiary/aromatic N) is 4. The van der Waals surface area contributed by atoms with Crippen LogP contribution in [0.15, 0.2) is 60.2 Å². The molecule has 0 atom stereocenters. The molecular weight excluding hydrogens is 356 g/mol.